The molecular formula is C22H27N5O. The Hall–Kier alpha value is -2.73. The fourth-order valence-corrected chi connectivity index (χ4v) is 3.75. The molecule has 0 bridgehead atoms. The van der Waals surface area contributed by atoms with Crippen molar-refractivity contribution >= 4 is 5.82 Å². The number of hydrogen-bond donors (Lipinski definition) is 1. The molecule has 3 aromatic rings. The van der Waals surface area contributed by atoms with Gasteiger partial charge in [-0.05, 0) is 25.0 Å². The fraction of sp³-hybridized carbons (Fsp3) is 0.409. The van der Waals surface area contributed by atoms with Crippen LogP contribution in [0.15, 0.2) is 42.5 Å². The molecule has 1 atom stereocenters. The standard InChI is InChI=1S/C22H27N5O/c1-3-7-18-13-22(24-16(2)23-18)26-10-11-27-19(15-26)14-20(25-27)21(28)12-17-8-5-4-6-9-17/h4-6,8-9,13-14,21,28H,3,7,10-12,15H2,1-2H3/t21-/m0/s1. The summed E-state index contributed by atoms with van der Waals surface area (Å²) in [7, 11) is 0. The summed E-state index contributed by atoms with van der Waals surface area (Å²) < 4.78 is 2.01. The Bertz CT molecular complexity index is 937. The highest BCUT2D eigenvalue weighted by Crippen LogP contribution is 2.24. The summed E-state index contributed by atoms with van der Waals surface area (Å²) in [5.74, 6) is 1.80. The molecule has 1 aromatic carbocycles. The van der Waals surface area contributed by atoms with Crippen LogP contribution >= 0.6 is 0 Å². The Kier molecular flexibility index (Phi) is 5.39. The van der Waals surface area contributed by atoms with Crippen molar-refractivity contribution < 1.29 is 5.11 Å². The lowest BCUT2D eigenvalue weighted by Crippen LogP contribution is -2.34. The lowest BCUT2D eigenvalue weighted by molar-refractivity contribution is 0.172. The van der Waals surface area contributed by atoms with Crippen LogP contribution in [0.1, 0.15) is 47.9 Å². The second kappa shape index (κ2) is 8.10. The first-order chi connectivity index (χ1) is 13.6. The van der Waals surface area contributed by atoms with Crippen LogP contribution < -0.4 is 4.90 Å². The number of nitrogens with zero attached hydrogens (tertiary/aromatic N) is 5. The SMILES string of the molecule is CCCc1cc(N2CCn3nc([C@@H](O)Cc4ccccc4)cc3C2)nc(C)n1. The number of anilines is 1. The molecule has 146 valence electrons. The molecule has 4 rings (SSSR count). The highest BCUT2D eigenvalue weighted by Gasteiger charge is 2.22. The van der Waals surface area contributed by atoms with Crippen LogP contribution in [0.5, 0.6) is 0 Å². The average Bonchev–Trinajstić information content (AvgIpc) is 3.12. The number of benzene rings is 1. The molecule has 0 saturated carbocycles. The predicted molar refractivity (Wildman–Crippen MR) is 109 cm³/mol. The van der Waals surface area contributed by atoms with Crippen molar-refractivity contribution in [3.8, 4) is 0 Å². The molecule has 2 aromatic heterocycles. The third kappa shape index (κ3) is 4.07. The monoisotopic (exact) mass is 377 g/mol. The minimum absolute atomic E-state index is 0.576. The van der Waals surface area contributed by atoms with Crippen molar-refractivity contribution in [3.05, 3.63) is 70.9 Å². The van der Waals surface area contributed by atoms with Gasteiger partial charge in [-0.1, -0.05) is 43.7 Å². The van der Waals surface area contributed by atoms with Crippen LogP contribution in [-0.2, 0) is 25.9 Å². The molecular weight excluding hydrogens is 350 g/mol. The molecule has 0 spiro atoms. The number of aromatic nitrogens is 4. The van der Waals surface area contributed by atoms with Crippen molar-refractivity contribution in [1.29, 1.82) is 0 Å². The molecule has 3 heterocycles. The second-order valence-electron chi connectivity index (χ2n) is 7.43. The zero-order chi connectivity index (χ0) is 19.5. The van der Waals surface area contributed by atoms with E-state index >= 15 is 0 Å². The number of aliphatic hydroxyl groups excluding tert-OH is 1. The summed E-state index contributed by atoms with van der Waals surface area (Å²) in [6, 6.07) is 14.2. The number of rotatable bonds is 6. The Labute approximate surface area is 165 Å². The van der Waals surface area contributed by atoms with Gasteiger partial charge >= 0.3 is 0 Å². The van der Waals surface area contributed by atoms with Gasteiger partial charge in [0.15, 0.2) is 0 Å². The van der Waals surface area contributed by atoms with Crippen molar-refractivity contribution in [2.45, 2.75) is 52.3 Å². The molecule has 0 unspecified atom stereocenters. The van der Waals surface area contributed by atoms with Crippen LogP contribution in [-0.4, -0.2) is 31.4 Å². The van der Waals surface area contributed by atoms with Gasteiger partial charge in [-0.15, -0.1) is 0 Å². The quantitative estimate of drug-likeness (QED) is 0.714. The van der Waals surface area contributed by atoms with Crippen molar-refractivity contribution in [2.75, 3.05) is 11.4 Å². The van der Waals surface area contributed by atoms with Gasteiger partial charge < -0.3 is 10.0 Å². The van der Waals surface area contributed by atoms with Crippen LogP contribution in [0.2, 0.25) is 0 Å². The van der Waals surface area contributed by atoms with E-state index in [0.29, 0.717) is 6.42 Å². The van der Waals surface area contributed by atoms with Gasteiger partial charge in [0, 0.05) is 24.7 Å². The molecule has 1 aliphatic rings. The maximum Gasteiger partial charge on any atom is 0.132 e. The Morgan fingerprint density at radius 1 is 1.11 bits per heavy atom. The Morgan fingerprint density at radius 2 is 1.93 bits per heavy atom. The summed E-state index contributed by atoms with van der Waals surface area (Å²) in [6.07, 6.45) is 2.03. The number of aliphatic hydroxyl groups is 1. The van der Waals surface area contributed by atoms with E-state index in [4.69, 9.17) is 0 Å². The van der Waals surface area contributed by atoms with E-state index in [1.165, 1.54) is 0 Å². The minimum atomic E-state index is -0.591. The summed E-state index contributed by atoms with van der Waals surface area (Å²) in [4.78, 5) is 11.5. The van der Waals surface area contributed by atoms with Gasteiger partial charge in [0.2, 0.25) is 0 Å². The van der Waals surface area contributed by atoms with Crippen LogP contribution in [0.25, 0.3) is 0 Å². The molecule has 0 fully saturated rings. The molecule has 1 aliphatic heterocycles. The van der Waals surface area contributed by atoms with Gasteiger partial charge in [-0.2, -0.15) is 5.10 Å². The zero-order valence-electron chi connectivity index (χ0n) is 16.5. The topological polar surface area (TPSA) is 67.1 Å². The lowest BCUT2D eigenvalue weighted by Gasteiger charge is -2.29. The number of aryl methyl sites for hydroxylation is 2. The van der Waals surface area contributed by atoms with Gasteiger partial charge in [-0.3, -0.25) is 4.68 Å². The first-order valence-corrected chi connectivity index (χ1v) is 10.0. The molecule has 0 aliphatic carbocycles. The molecule has 0 saturated heterocycles. The van der Waals surface area contributed by atoms with Gasteiger partial charge in [0.1, 0.15) is 17.7 Å². The van der Waals surface area contributed by atoms with E-state index in [9.17, 15) is 5.11 Å². The summed E-state index contributed by atoms with van der Waals surface area (Å²) >= 11 is 0. The molecule has 0 radical (unpaired) electrons. The maximum absolute atomic E-state index is 10.6. The Morgan fingerprint density at radius 3 is 2.71 bits per heavy atom. The Balaban J connectivity index is 1.50. The van der Waals surface area contributed by atoms with E-state index in [1.54, 1.807) is 0 Å². The molecule has 6 nitrogen and oxygen atoms in total. The predicted octanol–water partition coefficient (Wildman–Crippen LogP) is 3.23. The van der Waals surface area contributed by atoms with Gasteiger partial charge in [0.25, 0.3) is 0 Å². The van der Waals surface area contributed by atoms with E-state index in [-0.39, 0.29) is 0 Å². The van der Waals surface area contributed by atoms with Crippen LogP contribution in [0.4, 0.5) is 5.82 Å². The van der Waals surface area contributed by atoms with Crippen LogP contribution in [0.3, 0.4) is 0 Å². The largest absolute Gasteiger partial charge is 0.386 e. The zero-order valence-corrected chi connectivity index (χ0v) is 16.5. The molecule has 0 amide bonds. The molecule has 6 heteroatoms. The third-order valence-electron chi connectivity index (χ3n) is 5.14. The number of fused-ring (bicyclic) bond motifs is 1. The molecule has 1 N–H and O–H groups in total. The summed E-state index contributed by atoms with van der Waals surface area (Å²) in [6.45, 7) is 6.51. The second-order valence-corrected chi connectivity index (χ2v) is 7.43. The third-order valence-corrected chi connectivity index (χ3v) is 5.14. The van der Waals surface area contributed by atoms with E-state index in [1.807, 2.05) is 48.0 Å². The van der Waals surface area contributed by atoms with Gasteiger partial charge in [0.05, 0.1) is 24.5 Å². The van der Waals surface area contributed by atoms with Crippen LogP contribution in [0, 0.1) is 6.92 Å². The summed E-state index contributed by atoms with van der Waals surface area (Å²) in [5.41, 5.74) is 4.07. The normalized spacial score (nSPS) is 14.8. The molecule has 28 heavy (non-hydrogen) atoms. The minimum Gasteiger partial charge on any atom is -0.386 e. The first kappa shape index (κ1) is 18.6. The lowest BCUT2D eigenvalue weighted by atomic mass is 10.1. The van der Waals surface area contributed by atoms with Crippen molar-refractivity contribution in [2.24, 2.45) is 0 Å². The maximum atomic E-state index is 10.6. The van der Waals surface area contributed by atoms with Gasteiger partial charge in [-0.25, -0.2) is 9.97 Å². The highest BCUT2D eigenvalue weighted by atomic mass is 16.3. The van der Waals surface area contributed by atoms with E-state index in [2.05, 4.69) is 33.0 Å². The van der Waals surface area contributed by atoms with E-state index < -0.39 is 6.10 Å². The van der Waals surface area contributed by atoms with Crippen molar-refractivity contribution in [3.63, 3.8) is 0 Å². The number of hydrogen-bond acceptors (Lipinski definition) is 5. The first-order valence-electron chi connectivity index (χ1n) is 10.0. The highest BCUT2D eigenvalue weighted by molar-refractivity contribution is 5.41. The van der Waals surface area contributed by atoms with E-state index in [0.717, 1.165) is 66.8 Å². The fourth-order valence-electron chi connectivity index (χ4n) is 3.75. The smallest absolute Gasteiger partial charge is 0.132 e. The van der Waals surface area contributed by atoms with Crippen molar-refractivity contribution in [1.82, 2.24) is 19.7 Å². The average molecular weight is 377 g/mol. The summed E-state index contributed by atoms with van der Waals surface area (Å²) in [5, 5.41) is 15.3.